The molecule has 124 valence electrons. The predicted octanol–water partition coefficient (Wildman–Crippen LogP) is 3.14. The van der Waals surface area contributed by atoms with Crippen molar-refractivity contribution in [1.29, 1.82) is 0 Å². The lowest BCUT2D eigenvalue weighted by Gasteiger charge is -2.35. The maximum absolute atomic E-state index is 14.2. The average Bonchev–Trinajstić information content (AvgIpc) is 2.94. The highest BCUT2D eigenvalue weighted by atomic mass is 32.1. The van der Waals surface area contributed by atoms with Gasteiger partial charge < -0.3 is 15.4 Å². The van der Waals surface area contributed by atoms with Crippen LogP contribution in [-0.4, -0.2) is 37.0 Å². The lowest BCUT2D eigenvalue weighted by molar-refractivity contribution is 0.0624. The summed E-state index contributed by atoms with van der Waals surface area (Å²) in [5.41, 5.74) is 6.48. The van der Waals surface area contributed by atoms with Crippen LogP contribution in [0.1, 0.15) is 34.5 Å². The Labute approximate surface area is 139 Å². The van der Waals surface area contributed by atoms with Gasteiger partial charge >= 0.3 is 0 Å². The second-order valence-electron chi connectivity index (χ2n) is 5.84. The molecule has 1 aromatic carbocycles. The largest absolute Gasteiger partial charge is 0.380 e. The van der Waals surface area contributed by atoms with Crippen LogP contribution in [0, 0.1) is 5.82 Å². The second-order valence-corrected chi connectivity index (χ2v) is 6.89. The molecule has 1 atom stereocenters. The summed E-state index contributed by atoms with van der Waals surface area (Å²) in [5, 5.41) is 0.504. The third kappa shape index (κ3) is 2.98. The fraction of sp³-hybridized carbons (Fsp3) is 0.471. The zero-order chi connectivity index (χ0) is 16.4. The molecule has 1 saturated heterocycles. The summed E-state index contributed by atoms with van der Waals surface area (Å²) >= 11 is 1.34. The van der Waals surface area contributed by atoms with Crippen molar-refractivity contribution >= 4 is 27.3 Å². The Bertz CT molecular complexity index is 716. The summed E-state index contributed by atoms with van der Waals surface area (Å²) < 4.78 is 20.2. The van der Waals surface area contributed by atoms with Gasteiger partial charge in [0.2, 0.25) is 0 Å². The highest BCUT2D eigenvalue weighted by molar-refractivity contribution is 7.21. The van der Waals surface area contributed by atoms with E-state index in [2.05, 4.69) is 0 Å². The highest BCUT2D eigenvalue weighted by Gasteiger charge is 2.30. The number of carbonyl (C=O) groups is 1. The van der Waals surface area contributed by atoms with Gasteiger partial charge in [-0.25, -0.2) is 4.39 Å². The Balaban J connectivity index is 2.06. The number of halogens is 1. The molecule has 6 heteroatoms. The van der Waals surface area contributed by atoms with E-state index in [4.69, 9.17) is 10.5 Å². The molecule has 2 aromatic rings. The van der Waals surface area contributed by atoms with Crippen molar-refractivity contribution in [3.05, 3.63) is 34.5 Å². The number of rotatable bonds is 4. The molecular formula is C17H21FN2O2S. The molecule has 0 bridgehead atoms. The van der Waals surface area contributed by atoms with Crippen LogP contribution in [0.15, 0.2) is 18.2 Å². The fourth-order valence-corrected chi connectivity index (χ4v) is 4.44. The van der Waals surface area contributed by atoms with Crippen LogP contribution in [0.2, 0.25) is 0 Å². The number of nitrogens with two attached hydrogens (primary N) is 1. The summed E-state index contributed by atoms with van der Waals surface area (Å²) in [4.78, 5) is 15.5. The van der Waals surface area contributed by atoms with Crippen molar-refractivity contribution in [1.82, 2.24) is 4.90 Å². The molecule has 2 heterocycles. The van der Waals surface area contributed by atoms with E-state index in [1.54, 1.807) is 13.2 Å². The number of hydrogen-bond acceptors (Lipinski definition) is 4. The van der Waals surface area contributed by atoms with Gasteiger partial charge in [-0.15, -0.1) is 11.3 Å². The quantitative estimate of drug-likeness (QED) is 0.933. The molecule has 0 spiro atoms. The number of likely N-dealkylation sites (tertiary alicyclic amines) is 1. The zero-order valence-electron chi connectivity index (χ0n) is 13.2. The van der Waals surface area contributed by atoms with Gasteiger partial charge in [0.1, 0.15) is 5.82 Å². The Morgan fingerprint density at radius 3 is 3.04 bits per heavy atom. The molecule has 1 amide bonds. The summed E-state index contributed by atoms with van der Waals surface area (Å²) in [5.74, 6) is -0.355. The van der Waals surface area contributed by atoms with E-state index in [9.17, 15) is 9.18 Å². The minimum Gasteiger partial charge on any atom is -0.380 e. The van der Waals surface area contributed by atoms with Crippen molar-refractivity contribution in [2.75, 3.05) is 20.2 Å². The third-order valence-corrected chi connectivity index (χ3v) is 5.59. The molecule has 4 nitrogen and oxygen atoms in total. The molecule has 2 N–H and O–H groups in total. The van der Waals surface area contributed by atoms with Gasteiger partial charge in [-0.3, -0.25) is 4.79 Å². The molecule has 1 aliphatic heterocycles. The molecule has 0 radical (unpaired) electrons. The van der Waals surface area contributed by atoms with Crippen molar-refractivity contribution in [3.8, 4) is 0 Å². The number of piperidine rings is 1. The molecule has 3 rings (SSSR count). The van der Waals surface area contributed by atoms with E-state index in [0.29, 0.717) is 28.9 Å². The Morgan fingerprint density at radius 2 is 2.30 bits per heavy atom. The number of nitrogens with zero attached hydrogens (tertiary/aromatic N) is 1. The van der Waals surface area contributed by atoms with Gasteiger partial charge in [-0.05, 0) is 31.4 Å². The average molecular weight is 336 g/mol. The molecule has 1 unspecified atom stereocenters. The summed E-state index contributed by atoms with van der Waals surface area (Å²) in [6.07, 6.45) is 3.01. The molecule has 1 fully saturated rings. The van der Waals surface area contributed by atoms with Crippen LogP contribution < -0.4 is 5.73 Å². The number of amides is 1. The predicted molar refractivity (Wildman–Crippen MR) is 90.2 cm³/mol. The standard InChI is InChI=1S/C17H21FN2O2S/c1-22-10-12-15-13(18)6-4-7-14(15)23-16(12)17(21)20-8-3-2-5-11(20)9-19/h4,6-7,11H,2-3,5,8-10,19H2,1H3. The van der Waals surface area contributed by atoms with Crippen LogP contribution in [0.3, 0.4) is 0 Å². The maximum Gasteiger partial charge on any atom is 0.264 e. The number of methoxy groups -OCH3 is 1. The van der Waals surface area contributed by atoms with Gasteiger partial charge in [-0.1, -0.05) is 6.07 Å². The summed E-state index contributed by atoms with van der Waals surface area (Å²) in [6.45, 7) is 1.40. The number of ether oxygens (including phenoxy) is 1. The zero-order valence-corrected chi connectivity index (χ0v) is 14.0. The lowest BCUT2D eigenvalue weighted by Crippen LogP contribution is -2.47. The van der Waals surface area contributed by atoms with Crippen LogP contribution in [0.4, 0.5) is 4.39 Å². The van der Waals surface area contributed by atoms with Crippen LogP contribution in [0.25, 0.3) is 10.1 Å². The van der Waals surface area contributed by atoms with Crippen molar-refractivity contribution in [2.24, 2.45) is 5.73 Å². The molecular weight excluding hydrogens is 315 g/mol. The van der Waals surface area contributed by atoms with Crippen LogP contribution in [0.5, 0.6) is 0 Å². The van der Waals surface area contributed by atoms with Crippen LogP contribution >= 0.6 is 11.3 Å². The highest BCUT2D eigenvalue weighted by Crippen LogP contribution is 2.35. The fourth-order valence-electron chi connectivity index (χ4n) is 3.27. The Hall–Kier alpha value is -1.50. The molecule has 0 aliphatic carbocycles. The van der Waals surface area contributed by atoms with Gasteiger partial charge in [0.25, 0.3) is 5.91 Å². The smallest absolute Gasteiger partial charge is 0.264 e. The third-order valence-electron chi connectivity index (χ3n) is 4.41. The minimum atomic E-state index is -0.307. The monoisotopic (exact) mass is 336 g/mol. The van der Waals surface area contributed by atoms with E-state index in [0.717, 1.165) is 24.0 Å². The first-order valence-corrected chi connectivity index (χ1v) is 8.69. The van der Waals surface area contributed by atoms with Crippen LogP contribution in [-0.2, 0) is 11.3 Å². The first-order valence-electron chi connectivity index (χ1n) is 7.87. The number of carbonyl (C=O) groups excluding carboxylic acids is 1. The second kappa shape index (κ2) is 6.95. The van der Waals surface area contributed by atoms with Crippen molar-refractivity contribution in [2.45, 2.75) is 31.9 Å². The number of benzene rings is 1. The Kier molecular flexibility index (Phi) is 4.94. The topological polar surface area (TPSA) is 55.6 Å². The van der Waals surface area contributed by atoms with Gasteiger partial charge in [0.15, 0.2) is 0 Å². The first kappa shape index (κ1) is 16.4. The molecule has 23 heavy (non-hydrogen) atoms. The first-order chi connectivity index (χ1) is 11.2. The summed E-state index contributed by atoms with van der Waals surface area (Å²) in [6, 6.07) is 5.01. The Morgan fingerprint density at radius 1 is 1.48 bits per heavy atom. The van der Waals surface area contributed by atoms with E-state index >= 15 is 0 Å². The summed E-state index contributed by atoms with van der Waals surface area (Å²) in [7, 11) is 1.56. The maximum atomic E-state index is 14.2. The van der Waals surface area contributed by atoms with E-state index in [-0.39, 0.29) is 24.4 Å². The SMILES string of the molecule is COCc1c(C(=O)N2CCCCC2CN)sc2cccc(F)c12. The minimum absolute atomic E-state index is 0.0483. The van der Waals surface area contributed by atoms with Crippen molar-refractivity contribution < 1.29 is 13.9 Å². The van der Waals surface area contributed by atoms with E-state index in [1.165, 1.54) is 17.4 Å². The normalized spacial score (nSPS) is 18.6. The van der Waals surface area contributed by atoms with E-state index < -0.39 is 0 Å². The van der Waals surface area contributed by atoms with Gasteiger partial charge in [0.05, 0.1) is 11.5 Å². The van der Waals surface area contributed by atoms with E-state index in [1.807, 2.05) is 11.0 Å². The van der Waals surface area contributed by atoms with Gasteiger partial charge in [-0.2, -0.15) is 0 Å². The number of thiophene rings is 1. The molecule has 0 saturated carbocycles. The molecule has 1 aromatic heterocycles. The number of hydrogen-bond donors (Lipinski definition) is 1. The lowest BCUT2D eigenvalue weighted by atomic mass is 10.0. The molecule has 1 aliphatic rings. The number of fused-ring (bicyclic) bond motifs is 1. The van der Waals surface area contributed by atoms with Gasteiger partial charge in [0, 0.05) is 41.9 Å². The van der Waals surface area contributed by atoms with Crippen molar-refractivity contribution in [3.63, 3.8) is 0 Å².